The van der Waals surface area contributed by atoms with Crippen molar-refractivity contribution in [2.24, 2.45) is 22.9 Å². The fraction of sp³-hybridized carbons (Fsp3) is 1.00. The van der Waals surface area contributed by atoms with Crippen LogP contribution in [0.3, 0.4) is 0 Å². The monoisotopic (exact) mass is 166 g/mol. The Morgan fingerprint density at radius 1 is 1.00 bits per heavy atom. The second-order valence-corrected chi connectivity index (χ2v) is 3.65. The van der Waals surface area contributed by atoms with Crippen LogP contribution in [0.5, 0.6) is 0 Å². The number of rotatable bonds is 4. The highest BCUT2D eigenvalue weighted by atomic mass is 32.2. The van der Waals surface area contributed by atoms with E-state index in [9.17, 15) is 4.21 Å². The molecule has 0 rings (SSSR count). The molecular weight excluding hydrogens is 152 g/mol. The lowest BCUT2D eigenvalue weighted by Gasteiger charge is -2.06. The molecule has 0 spiro atoms. The van der Waals surface area contributed by atoms with Crippen LogP contribution in [0.25, 0.3) is 0 Å². The molecule has 10 heavy (non-hydrogen) atoms. The molecule has 0 unspecified atom stereocenters. The van der Waals surface area contributed by atoms with Gasteiger partial charge in [-0.3, -0.25) is 4.21 Å². The Balaban J connectivity index is 3.44. The van der Waals surface area contributed by atoms with Gasteiger partial charge >= 0.3 is 0 Å². The lowest BCUT2D eigenvalue weighted by atomic mass is 10.6. The molecule has 0 aromatic heterocycles. The van der Waals surface area contributed by atoms with E-state index in [-0.39, 0.29) is 11.5 Å². The molecule has 8 N–H and O–H groups in total. The molecule has 0 aromatic rings. The van der Waals surface area contributed by atoms with Gasteiger partial charge in [0.1, 0.15) is 0 Å². The van der Waals surface area contributed by atoms with Gasteiger partial charge in [-0.2, -0.15) is 0 Å². The van der Waals surface area contributed by atoms with Crippen molar-refractivity contribution >= 4 is 10.8 Å². The van der Waals surface area contributed by atoms with Crippen LogP contribution in [0.4, 0.5) is 0 Å². The maximum atomic E-state index is 10.9. The molecule has 0 aliphatic carbocycles. The largest absolute Gasteiger partial charge is 0.315 e. The Bertz CT molecular complexity index is 104. The van der Waals surface area contributed by atoms with Crippen molar-refractivity contribution in [3.05, 3.63) is 0 Å². The molecule has 0 aliphatic rings. The summed E-state index contributed by atoms with van der Waals surface area (Å²) in [5, 5.41) is 0. The topological polar surface area (TPSA) is 121 Å². The van der Waals surface area contributed by atoms with Gasteiger partial charge in [-0.1, -0.05) is 0 Å². The van der Waals surface area contributed by atoms with E-state index in [0.29, 0.717) is 0 Å². The van der Waals surface area contributed by atoms with Crippen LogP contribution < -0.4 is 22.9 Å². The third-order valence-corrected chi connectivity index (χ3v) is 2.27. The molecule has 0 heterocycles. The van der Waals surface area contributed by atoms with Gasteiger partial charge in [-0.15, -0.1) is 0 Å². The van der Waals surface area contributed by atoms with Crippen LogP contribution in [-0.4, -0.2) is 28.0 Å². The van der Waals surface area contributed by atoms with E-state index in [1.165, 1.54) is 0 Å². The Labute approximate surface area is 62.6 Å². The van der Waals surface area contributed by atoms with Crippen molar-refractivity contribution in [1.82, 2.24) is 0 Å². The molecule has 0 bridgehead atoms. The van der Waals surface area contributed by atoms with E-state index >= 15 is 0 Å². The summed E-state index contributed by atoms with van der Waals surface area (Å²) in [5.74, 6) is 0.510. The normalized spacial score (nSPS) is 11.9. The van der Waals surface area contributed by atoms with Crippen LogP contribution in [0.15, 0.2) is 0 Å². The maximum Gasteiger partial charge on any atom is 0.0639 e. The van der Waals surface area contributed by atoms with E-state index < -0.39 is 23.1 Å². The van der Waals surface area contributed by atoms with Crippen molar-refractivity contribution < 1.29 is 4.21 Å². The van der Waals surface area contributed by atoms with Gasteiger partial charge in [-0.25, -0.2) is 0 Å². The van der Waals surface area contributed by atoms with Crippen LogP contribution in [0.2, 0.25) is 0 Å². The summed E-state index contributed by atoms with van der Waals surface area (Å²) in [6.45, 7) is 0. The van der Waals surface area contributed by atoms with Crippen LogP contribution in [0, 0.1) is 0 Å². The molecule has 0 fully saturated rings. The van der Waals surface area contributed by atoms with Crippen LogP contribution in [0.1, 0.15) is 0 Å². The Kier molecular flexibility index (Phi) is 4.75. The SMILES string of the molecule is NC(N)CS(=O)CC(N)N. The minimum Gasteiger partial charge on any atom is -0.315 e. The van der Waals surface area contributed by atoms with E-state index in [1.807, 2.05) is 0 Å². The first kappa shape index (κ1) is 9.99. The summed E-state index contributed by atoms with van der Waals surface area (Å²) >= 11 is 0. The summed E-state index contributed by atoms with van der Waals surface area (Å²) < 4.78 is 10.9. The van der Waals surface area contributed by atoms with Gasteiger partial charge in [0.25, 0.3) is 0 Å². The molecule has 62 valence electrons. The van der Waals surface area contributed by atoms with Crippen LogP contribution >= 0.6 is 0 Å². The zero-order valence-corrected chi connectivity index (χ0v) is 6.51. The molecule has 0 aliphatic heterocycles. The first-order valence-electron chi connectivity index (χ1n) is 2.89. The Hall–Kier alpha value is -0.0100. The van der Waals surface area contributed by atoms with Gasteiger partial charge < -0.3 is 22.9 Å². The second-order valence-electron chi connectivity index (χ2n) is 2.10. The molecule has 0 amide bonds. The third-order valence-electron chi connectivity index (χ3n) is 0.757. The molecule has 5 nitrogen and oxygen atoms in total. The maximum absolute atomic E-state index is 10.9. The summed E-state index contributed by atoms with van der Waals surface area (Å²) in [7, 11) is -1.08. The Morgan fingerprint density at radius 3 is 1.50 bits per heavy atom. The van der Waals surface area contributed by atoms with E-state index in [4.69, 9.17) is 22.9 Å². The second kappa shape index (κ2) is 4.75. The van der Waals surface area contributed by atoms with Crippen molar-refractivity contribution in [2.45, 2.75) is 12.3 Å². The molecule has 6 heteroatoms. The number of hydrogen-bond acceptors (Lipinski definition) is 5. The Morgan fingerprint density at radius 2 is 1.30 bits per heavy atom. The highest BCUT2D eigenvalue weighted by Crippen LogP contribution is 1.82. The number of nitrogens with two attached hydrogens (primary N) is 4. The minimum atomic E-state index is -1.08. The summed E-state index contributed by atoms with van der Waals surface area (Å²) in [6.07, 6.45) is -1.08. The highest BCUT2D eigenvalue weighted by Gasteiger charge is 2.05. The predicted octanol–water partition coefficient (Wildman–Crippen LogP) is -2.78. The molecule has 0 atom stereocenters. The zero-order chi connectivity index (χ0) is 8.15. The summed E-state index contributed by atoms with van der Waals surface area (Å²) in [6, 6.07) is 0. The third kappa shape index (κ3) is 6.12. The average molecular weight is 166 g/mol. The van der Waals surface area contributed by atoms with E-state index in [1.54, 1.807) is 0 Å². The minimum absolute atomic E-state index is 0.255. The fourth-order valence-corrected chi connectivity index (χ4v) is 1.49. The smallest absolute Gasteiger partial charge is 0.0639 e. The molecule has 0 aromatic carbocycles. The number of hydrogen-bond donors (Lipinski definition) is 4. The van der Waals surface area contributed by atoms with Crippen molar-refractivity contribution in [2.75, 3.05) is 11.5 Å². The van der Waals surface area contributed by atoms with Crippen molar-refractivity contribution in [3.63, 3.8) is 0 Å². The first-order chi connectivity index (χ1) is 4.52. The average Bonchev–Trinajstić information content (AvgIpc) is 1.58. The molecule has 0 saturated heterocycles. The highest BCUT2D eigenvalue weighted by molar-refractivity contribution is 7.85. The lowest BCUT2D eigenvalue weighted by molar-refractivity contribution is 0.665. The predicted molar refractivity (Wildman–Crippen MR) is 42.2 cm³/mol. The van der Waals surface area contributed by atoms with Gasteiger partial charge in [0, 0.05) is 10.8 Å². The van der Waals surface area contributed by atoms with E-state index in [0.717, 1.165) is 0 Å². The fourth-order valence-electron chi connectivity index (χ4n) is 0.497. The zero-order valence-electron chi connectivity index (χ0n) is 5.69. The van der Waals surface area contributed by atoms with Crippen molar-refractivity contribution in [1.29, 1.82) is 0 Å². The summed E-state index contributed by atoms with van der Waals surface area (Å²) in [4.78, 5) is 0. The van der Waals surface area contributed by atoms with Gasteiger partial charge in [0.05, 0.1) is 23.8 Å². The van der Waals surface area contributed by atoms with E-state index in [2.05, 4.69) is 0 Å². The quantitative estimate of drug-likeness (QED) is 0.337. The van der Waals surface area contributed by atoms with Gasteiger partial charge in [0.2, 0.25) is 0 Å². The first-order valence-corrected chi connectivity index (χ1v) is 4.38. The molecular formula is C4H14N4OS. The summed E-state index contributed by atoms with van der Waals surface area (Å²) in [5.41, 5.74) is 20.7. The molecule has 0 saturated carbocycles. The van der Waals surface area contributed by atoms with Crippen molar-refractivity contribution in [3.8, 4) is 0 Å². The van der Waals surface area contributed by atoms with Gasteiger partial charge in [-0.05, 0) is 0 Å². The lowest BCUT2D eigenvalue weighted by Crippen LogP contribution is -2.41. The van der Waals surface area contributed by atoms with Crippen LogP contribution in [-0.2, 0) is 10.8 Å². The standard InChI is InChI=1S/C4H14N4OS/c5-3(6)1-10(9)2-4(7)8/h3-4H,1-2,5-8H2. The van der Waals surface area contributed by atoms with Gasteiger partial charge in [0.15, 0.2) is 0 Å². The molecule has 0 radical (unpaired) electrons.